The Morgan fingerprint density at radius 2 is 2.17 bits per heavy atom. The molecule has 1 unspecified atom stereocenters. The molecule has 1 aliphatic heterocycles. The quantitative estimate of drug-likeness (QED) is 0.330. The predicted molar refractivity (Wildman–Crippen MR) is 111 cm³/mol. The summed E-state index contributed by atoms with van der Waals surface area (Å²) in [6, 6.07) is 8.10. The molecule has 0 bridgehead atoms. The van der Waals surface area contributed by atoms with Crippen molar-refractivity contribution in [2.75, 3.05) is 33.3 Å². The highest BCUT2D eigenvalue weighted by Crippen LogP contribution is 2.15. The van der Waals surface area contributed by atoms with Crippen molar-refractivity contribution in [3.63, 3.8) is 0 Å². The van der Waals surface area contributed by atoms with E-state index in [4.69, 9.17) is 11.2 Å². The second-order valence-corrected chi connectivity index (χ2v) is 6.05. The molecule has 0 aliphatic carbocycles. The van der Waals surface area contributed by atoms with Crippen LogP contribution in [0.4, 0.5) is 0 Å². The second-order valence-electron chi connectivity index (χ2n) is 6.05. The van der Waals surface area contributed by atoms with E-state index in [0.717, 1.165) is 43.7 Å². The van der Waals surface area contributed by atoms with Gasteiger partial charge in [-0.15, -0.1) is 30.4 Å². The SMILES string of the molecule is C#CCOc1ccc(CCNC(=NC)N2CCCC(C)C2)cc1.I. The fourth-order valence-electron chi connectivity index (χ4n) is 2.91. The number of guanidine groups is 1. The van der Waals surface area contributed by atoms with Crippen molar-refractivity contribution in [2.24, 2.45) is 10.9 Å². The standard InChI is InChI=1S/C19H27N3O.HI/c1-4-14-23-18-9-7-17(8-10-18)11-12-21-19(20-3)22-13-5-6-16(2)15-22;/h1,7-10,16H,5-6,11-15H2,2-3H3,(H,20,21);1H. The third kappa shape index (κ3) is 6.60. The van der Waals surface area contributed by atoms with E-state index in [1.165, 1.54) is 18.4 Å². The van der Waals surface area contributed by atoms with Crippen LogP contribution >= 0.6 is 24.0 Å². The minimum atomic E-state index is 0. The first kappa shape index (κ1) is 20.6. The average Bonchev–Trinajstić information content (AvgIpc) is 2.58. The van der Waals surface area contributed by atoms with Crippen molar-refractivity contribution in [1.82, 2.24) is 10.2 Å². The maximum atomic E-state index is 5.38. The van der Waals surface area contributed by atoms with Gasteiger partial charge in [0.25, 0.3) is 0 Å². The van der Waals surface area contributed by atoms with Gasteiger partial charge in [0, 0.05) is 26.7 Å². The lowest BCUT2D eigenvalue weighted by atomic mass is 10.0. The minimum Gasteiger partial charge on any atom is -0.481 e. The van der Waals surface area contributed by atoms with Crippen molar-refractivity contribution in [2.45, 2.75) is 26.2 Å². The summed E-state index contributed by atoms with van der Waals surface area (Å²) in [7, 11) is 1.86. The maximum absolute atomic E-state index is 5.38. The van der Waals surface area contributed by atoms with Crippen molar-refractivity contribution in [1.29, 1.82) is 0 Å². The molecule has 132 valence electrons. The molecule has 0 spiro atoms. The first-order valence-corrected chi connectivity index (χ1v) is 8.33. The van der Waals surface area contributed by atoms with Crippen LogP contribution in [0.1, 0.15) is 25.3 Å². The summed E-state index contributed by atoms with van der Waals surface area (Å²) in [4.78, 5) is 6.78. The van der Waals surface area contributed by atoms with Crippen molar-refractivity contribution in [3.05, 3.63) is 29.8 Å². The molecular formula is C19H28IN3O. The largest absolute Gasteiger partial charge is 0.481 e. The van der Waals surface area contributed by atoms with Gasteiger partial charge in [-0.3, -0.25) is 4.99 Å². The fourth-order valence-corrected chi connectivity index (χ4v) is 2.91. The molecule has 0 radical (unpaired) electrons. The second kappa shape index (κ2) is 11.2. The number of hydrogen-bond donors (Lipinski definition) is 1. The van der Waals surface area contributed by atoms with Crippen LogP contribution in [0.3, 0.4) is 0 Å². The monoisotopic (exact) mass is 441 g/mol. The first-order valence-electron chi connectivity index (χ1n) is 8.33. The summed E-state index contributed by atoms with van der Waals surface area (Å²) in [5, 5.41) is 3.48. The number of rotatable bonds is 5. The summed E-state index contributed by atoms with van der Waals surface area (Å²) in [5.41, 5.74) is 1.27. The van der Waals surface area contributed by atoms with E-state index in [0.29, 0.717) is 6.61 Å². The van der Waals surface area contributed by atoms with E-state index in [9.17, 15) is 0 Å². The molecule has 0 amide bonds. The number of nitrogens with zero attached hydrogens (tertiary/aromatic N) is 2. The van der Waals surface area contributed by atoms with Crippen LogP contribution in [0.5, 0.6) is 5.75 Å². The number of benzene rings is 1. The Labute approximate surface area is 163 Å². The van der Waals surface area contributed by atoms with Gasteiger partial charge in [-0.1, -0.05) is 25.0 Å². The number of halogens is 1. The Balaban J connectivity index is 0.00000288. The van der Waals surface area contributed by atoms with Crippen LogP contribution in [0.2, 0.25) is 0 Å². The highest BCUT2D eigenvalue weighted by Gasteiger charge is 2.18. The minimum absolute atomic E-state index is 0. The molecule has 1 aromatic carbocycles. The van der Waals surface area contributed by atoms with Crippen LogP contribution < -0.4 is 10.1 Å². The average molecular weight is 441 g/mol. The summed E-state index contributed by atoms with van der Waals surface area (Å²) >= 11 is 0. The predicted octanol–water partition coefficient (Wildman–Crippen LogP) is 3.17. The Hall–Kier alpha value is -1.42. The molecule has 1 atom stereocenters. The lowest BCUT2D eigenvalue weighted by molar-refractivity contribution is 0.266. The molecule has 1 N–H and O–H groups in total. The Morgan fingerprint density at radius 3 is 2.79 bits per heavy atom. The summed E-state index contributed by atoms with van der Waals surface area (Å²) in [6.45, 7) is 5.70. The normalized spacial score (nSPS) is 17.6. The molecule has 4 nitrogen and oxygen atoms in total. The molecule has 1 fully saturated rings. The molecule has 0 aromatic heterocycles. The van der Waals surface area contributed by atoms with Gasteiger partial charge in [0.05, 0.1) is 0 Å². The summed E-state index contributed by atoms with van der Waals surface area (Å²) in [5.74, 6) is 5.05. The van der Waals surface area contributed by atoms with Gasteiger partial charge in [-0.25, -0.2) is 0 Å². The van der Waals surface area contributed by atoms with Gasteiger partial charge >= 0.3 is 0 Å². The first-order chi connectivity index (χ1) is 11.2. The van der Waals surface area contributed by atoms with E-state index >= 15 is 0 Å². The van der Waals surface area contributed by atoms with E-state index in [1.54, 1.807) is 0 Å². The van der Waals surface area contributed by atoms with Crippen LogP contribution in [0.15, 0.2) is 29.3 Å². The van der Waals surface area contributed by atoms with E-state index in [-0.39, 0.29) is 24.0 Å². The van der Waals surface area contributed by atoms with Crippen LogP contribution in [0, 0.1) is 18.3 Å². The van der Waals surface area contributed by atoms with Gasteiger partial charge in [0.1, 0.15) is 12.4 Å². The van der Waals surface area contributed by atoms with E-state index in [2.05, 4.69) is 40.2 Å². The van der Waals surface area contributed by atoms with E-state index in [1.807, 2.05) is 19.2 Å². The maximum Gasteiger partial charge on any atom is 0.193 e. The highest BCUT2D eigenvalue weighted by atomic mass is 127. The molecular weight excluding hydrogens is 413 g/mol. The zero-order valence-electron chi connectivity index (χ0n) is 14.6. The summed E-state index contributed by atoms with van der Waals surface area (Å²) < 4.78 is 5.38. The lowest BCUT2D eigenvalue weighted by Gasteiger charge is -2.33. The number of ether oxygens (including phenoxy) is 1. The number of likely N-dealkylation sites (tertiary alicyclic amines) is 1. The van der Waals surface area contributed by atoms with Crippen molar-refractivity contribution < 1.29 is 4.74 Å². The Kier molecular flexibility index (Phi) is 9.62. The Morgan fingerprint density at radius 1 is 1.42 bits per heavy atom. The summed E-state index contributed by atoms with van der Waals surface area (Å²) in [6.07, 6.45) is 8.71. The third-order valence-corrected chi connectivity index (χ3v) is 4.11. The molecule has 1 aliphatic rings. The molecule has 1 heterocycles. The van der Waals surface area contributed by atoms with Gasteiger partial charge in [0.2, 0.25) is 0 Å². The number of nitrogens with one attached hydrogen (secondary N) is 1. The van der Waals surface area contributed by atoms with Gasteiger partial charge in [-0.05, 0) is 42.9 Å². The third-order valence-electron chi connectivity index (χ3n) is 4.11. The molecule has 2 rings (SSSR count). The fraction of sp³-hybridized carbons (Fsp3) is 0.526. The zero-order valence-corrected chi connectivity index (χ0v) is 17.0. The topological polar surface area (TPSA) is 36.9 Å². The molecule has 1 aromatic rings. The molecule has 1 saturated heterocycles. The highest BCUT2D eigenvalue weighted by molar-refractivity contribution is 14.0. The Bertz CT molecular complexity index is 551. The van der Waals surface area contributed by atoms with Crippen molar-refractivity contribution >= 4 is 29.9 Å². The van der Waals surface area contributed by atoms with Crippen molar-refractivity contribution in [3.8, 4) is 18.1 Å². The number of terminal acetylenes is 1. The number of aliphatic imine (C=N–C) groups is 1. The lowest BCUT2D eigenvalue weighted by Crippen LogP contribution is -2.46. The smallest absolute Gasteiger partial charge is 0.193 e. The number of hydrogen-bond acceptors (Lipinski definition) is 2. The van der Waals surface area contributed by atoms with Crippen LogP contribution in [0.25, 0.3) is 0 Å². The van der Waals surface area contributed by atoms with Gasteiger partial charge < -0.3 is 15.0 Å². The van der Waals surface area contributed by atoms with Gasteiger partial charge in [-0.2, -0.15) is 0 Å². The van der Waals surface area contributed by atoms with Gasteiger partial charge in [0.15, 0.2) is 5.96 Å². The zero-order chi connectivity index (χ0) is 16.5. The molecule has 5 heteroatoms. The number of piperidine rings is 1. The van der Waals surface area contributed by atoms with Crippen LogP contribution in [-0.2, 0) is 6.42 Å². The van der Waals surface area contributed by atoms with Crippen LogP contribution in [-0.4, -0.2) is 44.1 Å². The van der Waals surface area contributed by atoms with E-state index < -0.39 is 0 Å². The molecule has 0 saturated carbocycles. The molecule has 24 heavy (non-hydrogen) atoms.